The molecule has 2 aromatic carbocycles. The Labute approximate surface area is 139 Å². The molecule has 0 aliphatic rings. The number of nitrogens with zero attached hydrogens (tertiary/aromatic N) is 2. The average Bonchev–Trinajstić information content (AvgIpc) is 2.54. The maximum atomic E-state index is 5.85. The van der Waals surface area contributed by atoms with Crippen LogP contribution in [0.2, 0.25) is 5.02 Å². The summed E-state index contributed by atoms with van der Waals surface area (Å²) < 4.78 is 5.75. The van der Waals surface area contributed by atoms with E-state index in [1.165, 1.54) is 11.8 Å². The second kappa shape index (κ2) is 8.46. The fraction of sp³-hybridized carbons (Fsp3) is 0.125. The molecule has 0 spiro atoms. The maximum Gasteiger partial charge on any atom is 0.180 e. The highest BCUT2D eigenvalue weighted by atomic mass is 35.5. The van der Waals surface area contributed by atoms with Gasteiger partial charge in [0.15, 0.2) is 5.17 Å². The van der Waals surface area contributed by atoms with Gasteiger partial charge in [0.05, 0.1) is 6.21 Å². The van der Waals surface area contributed by atoms with Crippen LogP contribution in [-0.2, 0) is 6.61 Å². The minimum atomic E-state index is 0.423. The summed E-state index contributed by atoms with van der Waals surface area (Å²) >= 11 is 7.20. The van der Waals surface area contributed by atoms with Crippen LogP contribution in [0.3, 0.4) is 0 Å². The van der Waals surface area contributed by atoms with Gasteiger partial charge < -0.3 is 10.5 Å². The zero-order valence-electron chi connectivity index (χ0n) is 12.1. The SMILES string of the molecule is CS/C(N)=N/N=C\c1cccc(OCc2ccc(Cl)cc2)c1. The van der Waals surface area contributed by atoms with Gasteiger partial charge >= 0.3 is 0 Å². The molecular weight excluding hydrogens is 318 g/mol. The molecule has 2 N–H and O–H groups in total. The standard InChI is InChI=1S/C16H16ClN3OS/c1-22-16(18)20-19-10-13-3-2-4-15(9-13)21-11-12-5-7-14(17)8-6-12/h2-10H,11H2,1H3,(H2,18,20)/b19-10-. The van der Waals surface area contributed by atoms with Gasteiger partial charge in [-0.15, -0.1) is 5.10 Å². The van der Waals surface area contributed by atoms with E-state index in [4.69, 9.17) is 22.1 Å². The van der Waals surface area contributed by atoms with Crippen LogP contribution in [0.1, 0.15) is 11.1 Å². The molecule has 0 radical (unpaired) electrons. The number of benzene rings is 2. The van der Waals surface area contributed by atoms with Crippen molar-refractivity contribution in [1.29, 1.82) is 0 Å². The van der Waals surface area contributed by atoms with Crippen LogP contribution in [0.25, 0.3) is 0 Å². The van der Waals surface area contributed by atoms with Crippen LogP contribution in [0, 0.1) is 0 Å². The summed E-state index contributed by atoms with van der Waals surface area (Å²) in [4.78, 5) is 0. The van der Waals surface area contributed by atoms with E-state index in [0.717, 1.165) is 16.9 Å². The highest BCUT2D eigenvalue weighted by molar-refractivity contribution is 8.13. The van der Waals surface area contributed by atoms with Crippen molar-refractivity contribution in [2.45, 2.75) is 6.61 Å². The number of rotatable bonds is 5. The molecule has 2 aromatic rings. The highest BCUT2D eigenvalue weighted by Crippen LogP contribution is 2.15. The van der Waals surface area contributed by atoms with Crippen LogP contribution in [0.5, 0.6) is 5.75 Å². The maximum absolute atomic E-state index is 5.85. The fourth-order valence-electron chi connectivity index (χ4n) is 1.63. The summed E-state index contributed by atoms with van der Waals surface area (Å²) in [6.45, 7) is 0.481. The summed E-state index contributed by atoms with van der Waals surface area (Å²) in [5, 5.41) is 8.91. The minimum absolute atomic E-state index is 0.423. The predicted molar refractivity (Wildman–Crippen MR) is 95.0 cm³/mol. The van der Waals surface area contributed by atoms with Crippen molar-refractivity contribution in [2.75, 3.05) is 6.26 Å². The van der Waals surface area contributed by atoms with Crippen LogP contribution in [0.4, 0.5) is 0 Å². The molecule has 22 heavy (non-hydrogen) atoms. The molecule has 2 rings (SSSR count). The van der Waals surface area contributed by atoms with Crippen LogP contribution in [-0.4, -0.2) is 17.6 Å². The zero-order valence-corrected chi connectivity index (χ0v) is 13.6. The first-order valence-corrected chi connectivity index (χ1v) is 8.15. The lowest BCUT2D eigenvalue weighted by Crippen LogP contribution is -2.03. The summed E-state index contributed by atoms with van der Waals surface area (Å²) in [7, 11) is 0. The molecule has 0 fully saturated rings. The second-order valence-electron chi connectivity index (χ2n) is 4.37. The number of thioether (sulfide) groups is 1. The number of halogens is 1. The molecule has 6 heteroatoms. The highest BCUT2D eigenvalue weighted by Gasteiger charge is 1.98. The lowest BCUT2D eigenvalue weighted by molar-refractivity contribution is 0.306. The van der Waals surface area contributed by atoms with Gasteiger partial charge in [0.1, 0.15) is 12.4 Å². The molecule has 0 bridgehead atoms. The zero-order chi connectivity index (χ0) is 15.8. The van der Waals surface area contributed by atoms with Gasteiger partial charge in [0.25, 0.3) is 0 Å². The minimum Gasteiger partial charge on any atom is -0.489 e. The first-order chi connectivity index (χ1) is 10.7. The molecule has 0 saturated heterocycles. The van der Waals surface area contributed by atoms with E-state index in [9.17, 15) is 0 Å². The Bertz CT molecular complexity index is 671. The Balaban J connectivity index is 1.97. The molecular formula is C16H16ClN3OS. The van der Waals surface area contributed by atoms with Crippen molar-refractivity contribution in [2.24, 2.45) is 15.9 Å². The number of hydrogen-bond acceptors (Lipinski definition) is 4. The second-order valence-corrected chi connectivity index (χ2v) is 5.64. The average molecular weight is 334 g/mol. The van der Waals surface area contributed by atoms with E-state index in [1.807, 2.05) is 54.8 Å². The van der Waals surface area contributed by atoms with Crippen molar-refractivity contribution < 1.29 is 4.74 Å². The Morgan fingerprint density at radius 3 is 2.77 bits per heavy atom. The summed E-state index contributed by atoms with van der Waals surface area (Å²) in [6.07, 6.45) is 3.48. The number of amidine groups is 1. The van der Waals surface area contributed by atoms with E-state index in [2.05, 4.69) is 10.2 Å². The van der Waals surface area contributed by atoms with E-state index < -0.39 is 0 Å². The first-order valence-electron chi connectivity index (χ1n) is 6.55. The summed E-state index contributed by atoms with van der Waals surface area (Å²) in [5.74, 6) is 0.765. The Morgan fingerprint density at radius 2 is 2.05 bits per heavy atom. The van der Waals surface area contributed by atoms with Crippen LogP contribution in [0.15, 0.2) is 58.7 Å². The third-order valence-corrected chi connectivity index (χ3v) is 3.50. The molecule has 114 valence electrons. The Hall–Kier alpha value is -1.98. The van der Waals surface area contributed by atoms with Crippen LogP contribution >= 0.6 is 23.4 Å². The first kappa shape index (κ1) is 16.4. The normalized spacial score (nSPS) is 11.8. The molecule has 0 unspecified atom stereocenters. The molecule has 0 aliphatic carbocycles. The Morgan fingerprint density at radius 1 is 1.27 bits per heavy atom. The summed E-state index contributed by atoms with van der Waals surface area (Å²) in [6, 6.07) is 15.2. The molecule has 0 saturated carbocycles. The van der Waals surface area contributed by atoms with Gasteiger partial charge in [0.2, 0.25) is 0 Å². The van der Waals surface area contributed by atoms with Gasteiger partial charge in [0, 0.05) is 5.02 Å². The number of hydrogen-bond donors (Lipinski definition) is 1. The van der Waals surface area contributed by atoms with Crippen molar-refractivity contribution in [3.05, 3.63) is 64.7 Å². The number of ether oxygens (including phenoxy) is 1. The van der Waals surface area contributed by atoms with Crippen molar-refractivity contribution in [3.63, 3.8) is 0 Å². The molecule has 4 nitrogen and oxygen atoms in total. The third-order valence-electron chi connectivity index (χ3n) is 2.75. The van der Waals surface area contributed by atoms with Gasteiger partial charge in [-0.25, -0.2) is 0 Å². The van der Waals surface area contributed by atoms with Crippen molar-refractivity contribution >= 4 is 34.7 Å². The molecule has 0 amide bonds. The number of nitrogens with two attached hydrogens (primary N) is 1. The van der Waals surface area contributed by atoms with Gasteiger partial charge in [-0.05, 0) is 41.6 Å². The topological polar surface area (TPSA) is 60.0 Å². The fourth-order valence-corrected chi connectivity index (χ4v) is 1.88. The molecule has 0 aliphatic heterocycles. The lowest BCUT2D eigenvalue weighted by Gasteiger charge is -2.06. The van der Waals surface area contributed by atoms with Gasteiger partial charge in [-0.3, -0.25) is 0 Å². The van der Waals surface area contributed by atoms with Gasteiger partial charge in [-0.1, -0.05) is 47.6 Å². The monoisotopic (exact) mass is 333 g/mol. The van der Waals surface area contributed by atoms with E-state index >= 15 is 0 Å². The summed E-state index contributed by atoms with van der Waals surface area (Å²) in [5.41, 5.74) is 7.51. The molecule has 0 atom stereocenters. The van der Waals surface area contributed by atoms with E-state index in [-0.39, 0.29) is 0 Å². The molecule has 0 aromatic heterocycles. The smallest absolute Gasteiger partial charge is 0.180 e. The van der Waals surface area contributed by atoms with E-state index in [1.54, 1.807) is 6.21 Å². The van der Waals surface area contributed by atoms with E-state index in [0.29, 0.717) is 16.8 Å². The molecule has 0 heterocycles. The van der Waals surface area contributed by atoms with Crippen molar-refractivity contribution in [1.82, 2.24) is 0 Å². The predicted octanol–water partition coefficient (Wildman–Crippen LogP) is 3.93. The quantitative estimate of drug-likeness (QED) is 0.512. The lowest BCUT2D eigenvalue weighted by atomic mass is 10.2. The largest absolute Gasteiger partial charge is 0.489 e. The van der Waals surface area contributed by atoms with Crippen LogP contribution < -0.4 is 10.5 Å². The third kappa shape index (κ3) is 5.42. The van der Waals surface area contributed by atoms with Crippen molar-refractivity contribution in [3.8, 4) is 5.75 Å². The van der Waals surface area contributed by atoms with Gasteiger partial charge in [-0.2, -0.15) is 5.10 Å². The Kier molecular flexibility index (Phi) is 6.30.